The molecule has 1 amide bonds. The first-order valence-electron chi connectivity index (χ1n) is 5.57. The molecule has 90 valence electrons. The van der Waals surface area contributed by atoms with Gasteiger partial charge in [0.15, 0.2) is 0 Å². The van der Waals surface area contributed by atoms with Gasteiger partial charge in [0.1, 0.15) is 0 Å². The molecule has 0 spiro atoms. The highest BCUT2D eigenvalue weighted by Gasteiger charge is 2.26. The van der Waals surface area contributed by atoms with Crippen LogP contribution in [0.3, 0.4) is 0 Å². The topological polar surface area (TPSA) is 49.3 Å². The van der Waals surface area contributed by atoms with E-state index >= 15 is 0 Å². The maximum Gasteiger partial charge on any atom is 0.233 e. The first kappa shape index (κ1) is 14.9. The summed E-state index contributed by atoms with van der Waals surface area (Å²) in [7, 11) is 0. The Morgan fingerprint density at radius 1 is 1.40 bits per heavy atom. The second-order valence-corrected chi connectivity index (χ2v) is 5.06. The Hall–Kier alpha value is -0.0900. The van der Waals surface area contributed by atoms with Crippen LogP contribution in [0.1, 0.15) is 40.0 Å². The molecule has 0 saturated carbocycles. The molecular formula is C11H22BrNO2. The van der Waals surface area contributed by atoms with Crippen LogP contribution in [0.5, 0.6) is 0 Å². The van der Waals surface area contributed by atoms with Crippen molar-refractivity contribution in [3.05, 3.63) is 0 Å². The molecule has 0 aliphatic carbocycles. The van der Waals surface area contributed by atoms with Crippen molar-refractivity contribution in [2.24, 2.45) is 5.41 Å². The average Bonchev–Trinajstić information content (AvgIpc) is 2.30. The van der Waals surface area contributed by atoms with Gasteiger partial charge in [-0.2, -0.15) is 0 Å². The van der Waals surface area contributed by atoms with Crippen LogP contribution in [-0.2, 0) is 4.79 Å². The van der Waals surface area contributed by atoms with E-state index < -0.39 is 0 Å². The zero-order valence-corrected chi connectivity index (χ0v) is 11.4. The fourth-order valence-electron chi connectivity index (χ4n) is 1.35. The number of aliphatic hydroxyl groups is 1. The normalized spacial score (nSPS) is 13.7. The van der Waals surface area contributed by atoms with Gasteiger partial charge in [0.05, 0.1) is 11.4 Å². The summed E-state index contributed by atoms with van der Waals surface area (Å²) in [4.78, 5) is 11.4. The largest absolute Gasteiger partial charge is 0.396 e. The molecule has 0 aromatic heterocycles. The molecule has 0 bridgehead atoms. The summed E-state index contributed by atoms with van der Waals surface area (Å²) >= 11 is 3.30. The fraction of sp³-hybridized carbons (Fsp3) is 0.909. The summed E-state index contributed by atoms with van der Waals surface area (Å²) in [5.41, 5.74) is -0.157. The van der Waals surface area contributed by atoms with Gasteiger partial charge in [-0.15, -0.1) is 0 Å². The highest BCUT2D eigenvalue weighted by Crippen LogP contribution is 2.24. The van der Waals surface area contributed by atoms with Gasteiger partial charge in [-0.3, -0.25) is 4.79 Å². The van der Waals surface area contributed by atoms with Crippen molar-refractivity contribution in [2.45, 2.75) is 44.9 Å². The van der Waals surface area contributed by atoms with Crippen molar-refractivity contribution in [1.82, 2.24) is 5.32 Å². The second kappa shape index (κ2) is 7.23. The number of rotatable bonds is 7. The lowest BCUT2D eigenvalue weighted by molar-refractivity contribution is -0.121. The number of hydrogen-bond acceptors (Lipinski definition) is 2. The van der Waals surface area contributed by atoms with Crippen LogP contribution < -0.4 is 5.32 Å². The number of hydrogen-bond donors (Lipinski definition) is 2. The zero-order valence-electron chi connectivity index (χ0n) is 9.85. The van der Waals surface area contributed by atoms with E-state index in [0.717, 1.165) is 19.3 Å². The molecule has 0 fully saturated rings. The third-order valence-electron chi connectivity index (χ3n) is 3.12. The average molecular weight is 280 g/mol. The standard InChI is InChI=1S/C11H22BrNO2/c1-4-9(12)10(15)13-7-11(5-2,6-3)8-14/h9,14H,4-8H2,1-3H3,(H,13,15). The Bertz CT molecular complexity index is 185. The van der Waals surface area contributed by atoms with E-state index in [1.54, 1.807) is 0 Å². The quantitative estimate of drug-likeness (QED) is 0.701. The van der Waals surface area contributed by atoms with Crippen LogP contribution in [0.15, 0.2) is 0 Å². The molecule has 3 nitrogen and oxygen atoms in total. The van der Waals surface area contributed by atoms with E-state index in [9.17, 15) is 9.90 Å². The van der Waals surface area contributed by atoms with Crippen LogP contribution in [0.4, 0.5) is 0 Å². The Morgan fingerprint density at radius 3 is 2.27 bits per heavy atom. The van der Waals surface area contributed by atoms with Gasteiger partial charge in [0, 0.05) is 12.0 Å². The molecule has 15 heavy (non-hydrogen) atoms. The van der Waals surface area contributed by atoms with Gasteiger partial charge >= 0.3 is 0 Å². The number of carbonyl (C=O) groups excluding carboxylic acids is 1. The highest BCUT2D eigenvalue weighted by molar-refractivity contribution is 9.10. The molecule has 1 unspecified atom stereocenters. The summed E-state index contributed by atoms with van der Waals surface area (Å²) in [6, 6.07) is 0. The Balaban J connectivity index is 4.16. The Morgan fingerprint density at radius 2 is 1.93 bits per heavy atom. The number of aliphatic hydroxyl groups excluding tert-OH is 1. The van der Waals surface area contributed by atoms with Gasteiger partial charge in [-0.1, -0.05) is 36.7 Å². The minimum absolute atomic E-state index is 0.0113. The molecule has 1 atom stereocenters. The number of amides is 1. The van der Waals surface area contributed by atoms with Crippen LogP contribution in [0.25, 0.3) is 0 Å². The van der Waals surface area contributed by atoms with Gasteiger partial charge in [0.2, 0.25) is 5.91 Å². The van der Waals surface area contributed by atoms with E-state index in [2.05, 4.69) is 21.2 Å². The lowest BCUT2D eigenvalue weighted by Crippen LogP contribution is -2.41. The van der Waals surface area contributed by atoms with Gasteiger partial charge in [-0.05, 0) is 19.3 Å². The fourth-order valence-corrected chi connectivity index (χ4v) is 1.51. The van der Waals surface area contributed by atoms with Gasteiger partial charge < -0.3 is 10.4 Å². The molecule has 0 saturated heterocycles. The molecule has 4 heteroatoms. The SMILES string of the molecule is CCC(Br)C(=O)NCC(CC)(CC)CO. The van der Waals surface area contributed by atoms with Crippen molar-refractivity contribution in [1.29, 1.82) is 0 Å². The minimum atomic E-state index is -0.157. The zero-order chi connectivity index (χ0) is 11.9. The van der Waals surface area contributed by atoms with Crippen molar-refractivity contribution in [2.75, 3.05) is 13.2 Å². The van der Waals surface area contributed by atoms with Crippen molar-refractivity contribution >= 4 is 21.8 Å². The van der Waals surface area contributed by atoms with Crippen LogP contribution in [0.2, 0.25) is 0 Å². The number of halogens is 1. The maximum atomic E-state index is 11.5. The van der Waals surface area contributed by atoms with E-state index in [-0.39, 0.29) is 22.8 Å². The molecule has 0 aliphatic rings. The van der Waals surface area contributed by atoms with E-state index in [1.807, 2.05) is 20.8 Å². The molecule has 0 rings (SSSR count). The lowest BCUT2D eigenvalue weighted by atomic mass is 9.83. The predicted octanol–water partition coefficient (Wildman–Crippen LogP) is 2.07. The van der Waals surface area contributed by atoms with Gasteiger partial charge in [-0.25, -0.2) is 0 Å². The Labute approximate surface area is 101 Å². The number of nitrogens with one attached hydrogen (secondary N) is 1. The summed E-state index contributed by atoms with van der Waals surface area (Å²) in [6.07, 6.45) is 2.52. The number of carbonyl (C=O) groups is 1. The molecule has 0 aliphatic heterocycles. The molecular weight excluding hydrogens is 258 g/mol. The molecule has 0 aromatic rings. The van der Waals surface area contributed by atoms with Crippen LogP contribution >= 0.6 is 15.9 Å². The Kier molecular flexibility index (Phi) is 7.18. The molecule has 2 N–H and O–H groups in total. The van der Waals surface area contributed by atoms with Crippen LogP contribution in [0, 0.1) is 5.41 Å². The van der Waals surface area contributed by atoms with E-state index in [0.29, 0.717) is 6.54 Å². The van der Waals surface area contributed by atoms with E-state index in [1.165, 1.54) is 0 Å². The van der Waals surface area contributed by atoms with Crippen LogP contribution in [-0.4, -0.2) is 29.0 Å². The van der Waals surface area contributed by atoms with Crippen molar-refractivity contribution in [3.8, 4) is 0 Å². The monoisotopic (exact) mass is 279 g/mol. The summed E-state index contributed by atoms with van der Waals surface area (Å²) < 4.78 is 0. The molecule has 0 heterocycles. The van der Waals surface area contributed by atoms with Crippen molar-refractivity contribution in [3.63, 3.8) is 0 Å². The summed E-state index contributed by atoms with van der Waals surface area (Å²) in [5, 5.41) is 12.2. The molecule has 0 aromatic carbocycles. The second-order valence-electron chi connectivity index (χ2n) is 3.96. The first-order valence-corrected chi connectivity index (χ1v) is 6.49. The number of alkyl halides is 1. The summed E-state index contributed by atoms with van der Waals surface area (Å²) in [6.45, 7) is 6.71. The smallest absolute Gasteiger partial charge is 0.233 e. The van der Waals surface area contributed by atoms with Crippen molar-refractivity contribution < 1.29 is 9.90 Å². The minimum Gasteiger partial charge on any atom is -0.396 e. The maximum absolute atomic E-state index is 11.5. The van der Waals surface area contributed by atoms with Gasteiger partial charge in [0.25, 0.3) is 0 Å². The third kappa shape index (κ3) is 4.51. The molecule has 0 radical (unpaired) electrons. The predicted molar refractivity (Wildman–Crippen MR) is 66.1 cm³/mol. The summed E-state index contributed by atoms with van der Waals surface area (Å²) in [5.74, 6) is 0.0113. The highest BCUT2D eigenvalue weighted by atomic mass is 79.9. The lowest BCUT2D eigenvalue weighted by Gasteiger charge is -2.29. The third-order valence-corrected chi connectivity index (χ3v) is 4.18. The van der Waals surface area contributed by atoms with E-state index in [4.69, 9.17) is 0 Å². The first-order chi connectivity index (χ1) is 7.05.